The standard InChI is InChI=1S/C18H21NOS/c1-19-12-10-14-8-9-17(20-2)18(16(14)11-13-19)21-15-6-4-3-5-7-15/h3-9H,10-13H2,1-2H3. The van der Waals surface area contributed by atoms with Crippen LogP contribution in [-0.2, 0) is 12.8 Å². The van der Waals surface area contributed by atoms with Crippen LogP contribution in [0.5, 0.6) is 5.75 Å². The molecule has 0 spiro atoms. The summed E-state index contributed by atoms with van der Waals surface area (Å²) in [6.07, 6.45) is 2.22. The molecule has 0 amide bonds. The van der Waals surface area contributed by atoms with Crippen molar-refractivity contribution in [1.29, 1.82) is 0 Å². The van der Waals surface area contributed by atoms with E-state index in [1.54, 1.807) is 7.11 Å². The molecule has 0 radical (unpaired) electrons. The third-order valence-corrected chi connectivity index (χ3v) is 5.17. The van der Waals surface area contributed by atoms with Crippen molar-refractivity contribution in [2.75, 3.05) is 27.2 Å². The van der Waals surface area contributed by atoms with Gasteiger partial charge in [-0.3, -0.25) is 0 Å². The highest BCUT2D eigenvalue weighted by atomic mass is 32.2. The molecular formula is C18H21NOS. The molecule has 0 unspecified atom stereocenters. The van der Waals surface area contributed by atoms with Gasteiger partial charge in [-0.15, -0.1) is 0 Å². The highest BCUT2D eigenvalue weighted by molar-refractivity contribution is 7.99. The van der Waals surface area contributed by atoms with Gasteiger partial charge in [-0.05, 0) is 49.2 Å². The lowest BCUT2D eigenvalue weighted by Crippen LogP contribution is -2.20. The average Bonchev–Trinajstić information content (AvgIpc) is 2.71. The lowest BCUT2D eigenvalue weighted by molar-refractivity contribution is 0.352. The Balaban J connectivity index is 2.01. The number of fused-ring (bicyclic) bond motifs is 1. The normalized spacial score (nSPS) is 15.3. The summed E-state index contributed by atoms with van der Waals surface area (Å²) in [4.78, 5) is 4.96. The van der Waals surface area contributed by atoms with E-state index in [0.29, 0.717) is 0 Å². The van der Waals surface area contributed by atoms with Crippen LogP contribution in [0.4, 0.5) is 0 Å². The zero-order chi connectivity index (χ0) is 14.7. The maximum absolute atomic E-state index is 5.62. The van der Waals surface area contributed by atoms with E-state index in [4.69, 9.17) is 4.74 Å². The second-order valence-corrected chi connectivity index (χ2v) is 6.54. The molecule has 0 N–H and O–H groups in total. The molecule has 0 fully saturated rings. The highest BCUT2D eigenvalue weighted by Crippen LogP contribution is 2.40. The smallest absolute Gasteiger partial charge is 0.133 e. The second-order valence-electron chi connectivity index (χ2n) is 5.45. The molecule has 1 aliphatic rings. The summed E-state index contributed by atoms with van der Waals surface area (Å²) in [5.41, 5.74) is 2.94. The van der Waals surface area contributed by atoms with E-state index in [1.165, 1.54) is 20.9 Å². The van der Waals surface area contributed by atoms with Crippen LogP contribution in [0, 0.1) is 0 Å². The molecule has 0 aliphatic carbocycles. The highest BCUT2D eigenvalue weighted by Gasteiger charge is 2.18. The van der Waals surface area contributed by atoms with Gasteiger partial charge in [0.1, 0.15) is 5.75 Å². The van der Waals surface area contributed by atoms with E-state index < -0.39 is 0 Å². The summed E-state index contributed by atoms with van der Waals surface area (Å²) in [6, 6.07) is 14.9. The number of nitrogens with zero attached hydrogens (tertiary/aromatic N) is 1. The van der Waals surface area contributed by atoms with Crippen LogP contribution in [0.1, 0.15) is 11.1 Å². The van der Waals surface area contributed by atoms with Crippen molar-refractivity contribution in [3.8, 4) is 5.75 Å². The van der Waals surface area contributed by atoms with Gasteiger partial charge in [-0.2, -0.15) is 0 Å². The van der Waals surface area contributed by atoms with Crippen LogP contribution in [0.15, 0.2) is 52.3 Å². The molecule has 2 nitrogen and oxygen atoms in total. The third-order valence-electron chi connectivity index (χ3n) is 4.01. The van der Waals surface area contributed by atoms with Crippen LogP contribution >= 0.6 is 11.8 Å². The van der Waals surface area contributed by atoms with Crippen molar-refractivity contribution in [2.24, 2.45) is 0 Å². The number of rotatable bonds is 3. The molecule has 1 aliphatic heterocycles. The fourth-order valence-corrected chi connectivity index (χ4v) is 3.90. The minimum atomic E-state index is 0.993. The predicted molar refractivity (Wildman–Crippen MR) is 88.5 cm³/mol. The molecule has 0 saturated heterocycles. The Kier molecular flexibility index (Phi) is 4.51. The molecule has 21 heavy (non-hydrogen) atoms. The van der Waals surface area contributed by atoms with Gasteiger partial charge >= 0.3 is 0 Å². The van der Waals surface area contributed by atoms with Gasteiger partial charge in [0.2, 0.25) is 0 Å². The molecule has 3 heteroatoms. The summed E-state index contributed by atoms with van der Waals surface area (Å²) in [5.74, 6) is 0.993. The first kappa shape index (κ1) is 14.5. The average molecular weight is 299 g/mol. The van der Waals surface area contributed by atoms with Gasteiger partial charge in [0.05, 0.1) is 12.0 Å². The number of methoxy groups -OCH3 is 1. The van der Waals surface area contributed by atoms with E-state index >= 15 is 0 Å². The van der Waals surface area contributed by atoms with Crippen molar-refractivity contribution >= 4 is 11.8 Å². The van der Waals surface area contributed by atoms with E-state index in [0.717, 1.165) is 31.7 Å². The largest absolute Gasteiger partial charge is 0.496 e. The van der Waals surface area contributed by atoms with Gasteiger partial charge in [-0.25, -0.2) is 0 Å². The Morgan fingerprint density at radius 1 is 1.00 bits per heavy atom. The number of hydrogen-bond acceptors (Lipinski definition) is 3. The maximum atomic E-state index is 5.62. The van der Waals surface area contributed by atoms with Crippen LogP contribution in [0.3, 0.4) is 0 Å². The van der Waals surface area contributed by atoms with Crippen molar-refractivity contribution in [1.82, 2.24) is 4.90 Å². The van der Waals surface area contributed by atoms with E-state index in [2.05, 4.69) is 54.4 Å². The van der Waals surface area contributed by atoms with Crippen molar-refractivity contribution in [3.63, 3.8) is 0 Å². The van der Waals surface area contributed by atoms with E-state index in [-0.39, 0.29) is 0 Å². The molecule has 0 bridgehead atoms. The topological polar surface area (TPSA) is 12.5 Å². The molecule has 3 rings (SSSR count). The first-order valence-corrected chi connectivity index (χ1v) is 8.20. The first-order chi connectivity index (χ1) is 10.3. The van der Waals surface area contributed by atoms with Gasteiger partial charge in [0.15, 0.2) is 0 Å². The van der Waals surface area contributed by atoms with Crippen LogP contribution in [0.25, 0.3) is 0 Å². The third kappa shape index (κ3) is 3.25. The van der Waals surface area contributed by atoms with Crippen LogP contribution < -0.4 is 4.74 Å². The predicted octanol–water partition coefficient (Wildman–Crippen LogP) is 3.88. The summed E-state index contributed by atoms with van der Waals surface area (Å²) in [6.45, 7) is 2.25. The zero-order valence-electron chi connectivity index (χ0n) is 12.6. The minimum Gasteiger partial charge on any atom is -0.496 e. The molecule has 0 aromatic heterocycles. The Labute approximate surface area is 131 Å². The lowest BCUT2D eigenvalue weighted by atomic mass is 10.0. The SMILES string of the molecule is COc1ccc2c(c1Sc1ccccc1)CCN(C)CC2. The number of likely N-dealkylation sites (N-methyl/N-ethyl adjacent to an activating group) is 1. The Morgan fingerprint density at radius 3 is 2.52 bits per heavy atom. The van der Waals surface area contributed by atoms with Gasteiger partial charge in [-0.1, -0.05) is 36.0 Å². The minimum absolute atomic E-state index is 0.993. The number of ether oxygens (including phenoxy) is 1. The van der Waals surface area contributed by atoms with Crippen molar-refractivity contribution < 1.29 is 4.74 Å². The lowest BCUT2D eigenvalue weighted by Gasteiger charge is -2.16. The van der Waals surface area contributed by atoms with Crippen LogP contribution in [-0.4, -0.2) is 32.1 Å². The second kappa shape index (κ2) is 6.54. The number of benzene rings is 2. The molecule has 2 aromatic rings. The fraction of sp³-hybridized carbons (Fsp3) is 0.333. The van der Waals surface area contributed by atoms with Gasteiger partial charge in [0, 0.05) is 18.0 Å². The van der Waals surface area contributed by atoms with Crippen molar-refractivity contribution in [3.05, 3.63) is 53.6 Å². The van der Waals surface area contributed by atoms with E-state index in [1.807, 2.05) is 11.8 Å². The molecule has 110 valence electrons. The summed E-state index contributed by atoms with van der Waals surface area (Å²) < 4.78 is 5.62. The molecular weight excluding hydrogens is 278 g/mol. The molecule has 1 heterocycles. The van der Waals surface area contributed by atoms with Crippen LogP contribution in [0.2, 0.25) is 0 Å². The maximum Gasteiger partial charge on any atom is 0.133 e. The molecule has 0 saturated carbocycles. The van der Waals surface area contributed by atoms with E-state index in [9.17, 15) is 0 Å². The Hall–Kier alpha value is -1.45. The first-order valence-electron chi connectivity index (χ1n) is 7.38. The Bertz CT molecular complexity index is 612. The van der Waals surface area contributed by atoms with Gasteiger partial charge in [0.25, 0.3) is 0 Å². The zero-order valence-corrected chi connectivity index (χ0v) is 13.5. The quantitative estimate of drug-likeness (QED) is 0.853. The monoisotopic (exact) mass is 299 g/mol. The van der Waals surface area contributed by atoms with Crippen molar-refractivity contribution in [2.45, 2.75) is 22.6 Å². The van der Waals surface area contributed by atoms with Gasteiger partial charge < -0.3 is 9.64 Å². The number of hydrogen-bond donors (Lipinski definition) is 0. The Morgan fingerprint density at radius 2 is 1.76 bits per heavy atom. The summed E-state index contributed by atoms with van der Waals surface area (Å²) in [7, 11) is 3.97. The molecule has 2 aromatic carbocycles. The summed E-state index contributed by atoms with van der Waals surface area (Å²) >= 11 is 1.82. The molecule has 0 atom stereocenters. The fourth-order valence-electron chi connectivity index (χ4n) is 2.76. The summed E-state index contributed by atoms with van der Waals surface area (Å²) in [5, 5.41) is 0.